The Hall–Kier alpha value is -3.47. The standard InChI is InChI=1S/C25H25N3O2/c1-27(18-20-12-5-6-13-21(20)19-10-3-2-4-11-19)25(30)23-15-9-17-28(23)24(29)22-14-7-8-16-26-22/h2-8,10-14,16,23H,9,15,17-18H2,1H3/t23-/m0/s1. The van der Waals surface area contributed by atoms with Crippen LogP contribution < -0.4 is 0 Å². The van der Waals surface area contributed by atoms with Crippen molar-refractivity contribution >= 4 is 11.8 Å². The van der Waals surface area contributed by atoms with Crippen LogP contribution in [-0.4, -0.2) is 46.2 Å². The van der Waals surface area contributed by atoms with Crippen molar-refractivity contribution in [3.05, 3.63) is 90.3 Å². The van der Waals surface area contributed by atoms with Crippen molar-refractivity contribution in [2.24, 2.45) is 0 Å². The second kappa shape index (κ2) is 8.91. The smallest absolute Gasteiger partial charge is 0.273 e. The molecule has 152 valence electrons. The zero-order valence-electron chi connectivity index (χ0n) is 17.1. The third-order valence-electron chi connectivity index (χ3n) is 5.57. The van der Waals surface area contributed by atoms with E-state index in [1.54, 1.807) is 34.2 Å². The third kappa shape index (κ3) is 4.10. The minimum Gasteiger partial charge on any atom is -0.340 e. The number of likely N-dealkylation sites (tertiary alicyclic amines) is 1. The fourth-order valence-electron chi connectivity index (χ4n) is 4.05. The maximum absolute atomic E-state index is 13.3. The van der Waals surface area contributed by atoms with Gasteiger partial charge in [0.25, 0.3) is 5.91 Å². The minimum absolute atomic E-state index is 0.0281. The monoisotopic (exact) mass is 399 g/mol. The Morgan fingerprint density at radius 2 is 1.73 bits per heavy atom. The molecule has 0 radical (unpaired) electrons. The highest BCUT2D eigenvalue weighted by molar-refractivity contribution is 5.96. The van der Waals surface area contributed by atoms with Gasteiger partial charge in [-0.05, 0) is 41.7 Å². The van der Waals surface area contributed by atoms with Gasteiger partial charge in [-0.25, -0.2) is 0 Å². The molecule has 1 aliphatic rings. The summed E-state index contributed by atoms with van der Waals surface area (Å²) in [7, 11) is 1.81. The number of hydrogen-bond acceptors (Lipinski definition) is 3. The predicted octanol–water partition coefficient (Wildman–Crippen LogP) is 4.01. The third-order valence-corrected chi connectivity index (χ3v) is 5.57. The molecule has 0 spiro atoms. The summed E-state index contributed by atoms with van der Waals surface area (Å²) in [6.07, 6.45) is 3.11. The molecular formula is C25H25N3O2. The maximum atomic E-state index is 13.3. The summed E-state index contributed by atoms with van der Waals surface area (Å²) >= 11 is 0. The molecule has 0 saturated carbocycles. The second-order valence-electron chi connectivity index (χ2n) is 7.59. The van der Waals surface area contributed by atoms with Gasteiger partial charge in [-0.15, -0.1) is 0 Å². The van der Waals surface area contributed by atoms with Crippen molar-refractivity contribution in [3.63, 3.8) is 0 Å². The van der Waals surface area contributed by atoms with Gasteiger partial charge in [0.1, 0.15) is 11.7 Å². The van der Waals surface area contributed by atoms with Crippen LogP contribution in [0.1, 0.15) is 28.9 Å². The van der Waals surface area contributed by atoms with Crippen molar-refractivity contribution in [2.45, 2.75) is 25.4 Å². The molecule has 1 fully saturated rings. The van der Waals surface area contributed by atoms with Crippen LogP contribution in [0.2, 0.25) is 0 Å². The van der Waals surface area contributed by atoms with E-state index in [1.807, 2.05) is 37.4 Å². The molecule has 0 aliphatic carbocycles. The molecule has 4 rings (SSSR count). The van der Waals surface area contributed by atoms with Crippen molar-refractivity contribution in [1.82, 2.24) is 14.8 Å². The molecule has 2 aromatic carbocycles. The Labute approximate surface area is 177 Å². The number of pyridine rings is 1. The van der Waals surface area contributed by atoms with Gasteiger partial charge in [0.15, 0.2) is 0 Å². The molecule has 1 atom stereocenters. The normalized spacial score (nSPS) is 15.8. The Balaban J connectivity index is 1.51. The van der Waals surface area contributed by atoms with Gasteiger partial charge >= 0.3 is 0 Å². The Morgan fingerprint density at radius 1 is 1.00 bits per heavy atom. The van der Waals surface area contributed by atoms with E-state index in [2.05, 4.69) is 29.2 Å². The molecule has 0 bridgehead atoms. The highest BCUT2D eigenvalue weighted by atomic mass is 16.2. The van der Waals surface area contributed by atoms with Gasteiger partial charge in [-0.2, -0.15) is 0 Å². The Bertz CT molecular complexity index is 1020. The summed E-state index contributed by atoms with van der Waals surface area (Å²) in [6, 6.07) is 23.1. The van der Waals surface area contributed by atoms with E-state index in [0.717, 1.165) is 23.1 Å². The number of likely N-dealkylation sites (N-methyl/N-ethyl adjacent to an activating group) is 1. The van der Waals surface area contributed by atoms with Crippen molar-refractivity contribution in [2.75, 3.05) is 13.6 Å². The van der Waals surface area contributed by atoms with E-state index in [4.69, 9.17) is 0 Å². The fourth-order valence-corrected chi connectivity index (χ4v) is 4.05. The van der Waals surface area contributed by atoms with Gasteiger partial charge in [-0.3, -0.25) is 14.6 Å². The predicted molar refractivity (Wildman–Crippen MR) is 117 cm³/mol. The first-order valence-electron chi connectivity index (χ1n) is 10.3. The fraction of sp³-hybridized carbons (Fsp3) is 0.240. The van der Waals surface area contributed by atoms with Gasteiger partial charge in [0.2, 0.25) is 5.91 Å². The quantitative estimate of drug-likeness (QED) is 0.651. The summed E-state index contributed by atoms with van der Waals surface area (Å²) in [5, 5.41) is 0. The molecule has 3 aromatic rings. The van der Waals surface area contributed by atoms with Gasteiger partial charge < -0.3 is 9.80 Å². The zero-order valence-corrected chi connectivity index (χ0v) is 17.1. The summed E-state index contributed by atoms with van der Waals surface area (Å²) in [6.45, 7) is 1.08. The molecule has 5 nitrogen and oxygen atoms in total. The summed E-state index contributed by atoms with van der Waals surface area (Å²) < 4.78 is 0. The number of carbonyl (C=O) groups excluding carboxylic acids is 2. The minimum atomic E-state index is -0.437. The van der Waals surface area contributed by atoms with Gasteiger partial charge in [-0.1, -0.05) is 60.7 Å². The summed E-state index contributed by atoms with van der Waals surface area (Å²) in [5.74, 6) is -0.204. The van der Waals surface area contributed by atoms with E-state index in [-0.39, 0.29) is 11.8 Å². The van der Waals surface area contributed by atoms with E-state index in [0.29, 0.717) is 25.2 Å². The first-order chi connectivity index (χ1) is 14.6. The molecule has 2 amide bonds. The highest BCUT2D eigenvalue weighted by Crippen LogP contribution is 2.26. The number of benzene rings is 2. The topological polar surface area (TPSA) is 53.5 Å². The van der Waals surface area contributed by atoms with E-state index in [1.165, 1.54) is 0 Å². The highest BCUT2D eigenvalue weighted by Gasteiger charge is 2.36. The number of nitrogens with zero attached hydrogens (tertiary/aromatic N) is 3. The average molecular weight is 399 g/mol. The van der Waals surface area contributed by atoms with Crippen molar-refractivity contribution in [1.29, 1.82) is 0 Å². The zero-order chi connectivity index (χ0) is 20.9. The van der Waals surface area contributed by atoms with Gasteiger partial charge in [0.05, 0.1) is 0 Å². The molecule has 0 N–H and O–H groups in total. The lowest BCUT2D eigenvalue weighted by Crippen LogP contribution is -2.46. The number of rotatable bonds is 5. The van der Waals surface area contributed by atoms with Crippen LogP contribution in [-0.2, 0) is 11.3 Å². The lowest BCUT2D eigenvalue weighted by atomic mass is 9.99. The molecule has 2 heterocycles. The van der Waals surface area contributed by atoms with E-state index < -0.39 is 6.04 Å². The SMILES string of the molecule is CN(Cc1ccccc1-c1ccccc1)C(=O)[C@@H]1CCCN1C(=O)c1ccccn1. The Morgan fingerprint density at radius 3 is 2.50 bits per heavy atom. The molecule has 1 saturated heterocycles. The van der Waals surface area contributed by atoms with Gasteiger partial charge in [0, 0.05) is 26.3 Å². The molecule has 30 heavy (non-hydrogen) atoms. The van der Waals surface area contributed by atoms with Crippen LogP contribution in [0.5, 0.6) is 0 Å². The van der Waals surface area contributed by atoms with E-state index >= 15 is 0 Å². The number of carbonyl (C=O) groups is 2. The molecule has 0 unspecified atom stereocenters. The lowest BCUT2D eigenvalue weighted by Gasteiger charge is -2.28. The lowest BCUT2D eigenvalue weighted by molar-refractivity contribution is -0.134. The largest absolute Gasteiger partial charge is 0.340 e. The van der Waals surface area contributed by atoms with Crippen LogP contribution in [0.15, 0.2) is 79.0 Å². The van der Waals surface area contributed by atoms with Crippen LogP contribution in [0.4, 0.5) is 0 Å². The van der Waals surface area contributed by atoms with Crippen LogP contribution in [0.25, 0.3) is 11.1 Å². The summed E-state index contributed by atoms with van der Waals surface area (Å²) in [5.41, 5.74) is 3.71. The first kappa shape index (κ1) is 19.8. The molecular weight excluding hydrogens is 374 g/mol. The number of amides is 2. The van der Waals surface area contributed by atoms with Crippen LogP contribution in [0, 0.1) is 0 Å². The van der Waals surface area contributed by atoms with Crippen LogP contribution >= 0.6 is 0 Å². The summed E-state index contributed by atoms with van der Waals surface area (Å²) in [4.78, 5) is 33.7. The Kier molecular flexibility index (Phi) is 5.89. The molecule has 1 aromatic heterocycles. The van der Waals surface area contributed by atoms with Crippen molar-refractivity contribution in [3.8, 4) is 11.1 Å². The molecule has 1 aliphatic heterocycles. The average Bonchev–Trinajstić information content (AvgIpc) is 3.29. The van der Waals surface area contributed by atoms with E-state index in [9.17, 15) is 9.59 Å². The first-order valence-corrected chi connectivity index (χ1v) is 10.3. The van der Waals surface area contributed by atoms with Crippen molar-refractivity contribution < 1.29 is 9.59 Å². The van der Waals surface area contributed by atoms with Crippen LogP contribution in [0.3, 0.4) is 0 Å². The number of aromatic nitrogens is 1. The molecule has 5 heteroatoms. The second-order valence-corrected chi connectivity index (χ2v) is 7.59. The number of hydrogen-bond donors (Lipinski definition) is 0. The maximum Gasteiger partial charge on any atom is 0.273 e.